The molecule has 4 nitrogen and oxygen atoms in total. The lowest BCUT2D eigenvalue weighted by Gasteiger charge is -2.37. The second kappa shape index (κ2) is 9.13. The van der Waals surface area contributed by atoms with Crippen LogP contribution in [0, 0.1) is 0 Å². The summed E-state index contributed by atoms with van der Waals surface area (Å²) < 4.78 is 5.72. The molecule has 0 unspecified atom stereocenters. The fourth-order valence-corrected chi connectivity index (χ4v) is 3.19. The number of hydrogen-bond donors (Lipinski definition) is 1. The first kappa shape index (κ1) is 17.3. The van der Waals surface area contributed by atoms with Gasteiger partial charge in [0.15, 0.2) is 0 Å². The highest BCUT2D eigenvalue weighted by atomic mass is 16.5. The van der Waals surface area contributed by atoms with Gasteiger partial charge >= 0.3 is 0 Å². The lowest BCUT2D eigenvalue weighted by molar-refractivity contribution is 0.117. The Bertz CT molecular complexity index is 431. The minimum absolute atomic E-state index is 0.289. The quantitative estimate of drug-likeness (QED) is 0.800. The number of aliphatic hydroxyl groups is 1. The molecule has 2 rings (SSSR count). The predicted molar refractivity (Wildman–Crippen MR) is 90.2 cm³/mol. The highest BCUT2D eigenvalue weighted by Gasteiger charge is 2.22. The van der Waals surface area contributed by atoms with Crippen LogP contribution in [0.15, 0.2) is 24.3 Å². The number of piperidine rings is 1. The first-order valence-electron chi connectivity index (χ1n) is 8.48. The van der Waals surface area contributed by atoms with Crippen molar-refractivity contribution in [1.82, 2.24) is 9.80 Å². The van der Waals surface area contributed by atoms with Crippen molar-refractivity contribution in [1.29, 1.82) is 0 Å². The topological polar surface area (TPSA) is 35.9 Å². The standard InChI is InChI=1S/C18H30N2O2/c1-3-22-18-8-5-4-7-16(18)15-20-12-9-17(10-13-20)19(2)11-6-14-21/h4-5,7-8,17,21H,3,6,9-15H2,1-2H3. The van der Waals surface area contributed by atoms with Crippen molar-refractivity contribution in [2.75, 3.05) is 39.9 Å². The minimum atomic E-state index is 0.289. The number of aliphatic hydroxyl groups excluding tert-OH is 1. The largest absolute Gasteiger partial charge is 0.494 e. The van der Waals surface area contributed by atoms with Gasteiger partial charge in [0.2, 0.25) is 0 Å². The molecule has 1 N–H and O–H groups in total. The van der Waals surface area contributed by atoms with E-state index in [9.17, 15) is 0 Å². The number of hydrogen-bond acceptors (Lipinski definition) is 4. The summed E-state index contributed by atoms with van der Waals surface area (Å²) in [6.07, 6.45) is 3.29. The van der Waals surface area contributed by atoms with Crippen LogP contribution in [0.2, 0.25) is 0 Å². The van der Waals surface area contributed by atoms with E-state index in [1.165, 1.54) is 18.4 Å². The van der Waals surface area contributed by atoms with Gasteiger partial charge in [-0.15, -0.1) is 0 Å². The summed E-state index contributed by atoms with van der Waals surface area (Å²) in [5.74, 6) is 1.02. The first-order valence-corrected chi connectivity index (χ1v) is 8.48. The van der Waals surface area contributed by atoms with Crippen molar-refractivity contribution >= 4 is 0 Å². The van der Waals surface area contributed by atoms with E-state index >= 15 is 0 Å². The molecule has 0 radical (unpaired) electrons. The molecule has 1 aliphatic rings. The molecular formula is C18H30N2O2. The van der Waals surface area contributed by atoms with E-state index in [0.29, 0.717) is 6.04 Å². The summed E-state index contributed by atoms with van der Waals surface area (Å²) in [6, 6.07) is 9.02. The highest BCUT2D eigenvalue weighted by Crippen LogP contribution is 2.23. The average molecular weight is 306 g/mol. The number of para-hydroxylation sites is 1. The maximum absolute atomic E-state index is 8.94. The second-order valence-electron chi connectivity index (χ2n) is 6.11. The van der Waals surface area contributed by atoms with Crippen LogP contribution < -0.4 is 4.74 Å². The molecule has 1 fully saturated rings. The van der Waals surface area contributed by atoms with Gasteiger partial charge in [-0.2, -0.15) is 0 Å². The normalized spacial score (nSPS) is 17.1. The van der Waals surface area contributed by atoms with Crippen LogP contribution in [-0.4, -0.2) is 60.8 Å². The Balaban J connectivity index is 1.82. The van der Waals surface area contributed by atoms with Crippen LogP contribution in [0.25, 0.3) is 0 Å². The summed E-state index contributed by atoms with van der Waals surface area (Å²) >= 11 is 0. The maximum atomic E-state index is 8.94. The molecule has 1 aromatic rings. The summed E-state index contributed by atoms with van der Waals surface area (Å²) in [5.41, 5.74) is 1.29. The third kappa shape index (κ3) is 4.97. The molecule has 0 atom stereocenters. The lowest BCUT2D eigenvalue weighted by Crippen LogP contribution is -2.43. The van der Waals surface area contributed by atoms with E-state index in [1.54, 1.807) is 0 Å². The zero-order chi connectivity index (χ0) is 15.8. The van der Waals surface area contributed by atoms with Gasteiger partial charge in [0.25, 0.3) is 0 Å². The summed E-state index contributed by atoms with van der Waals surface area (Å²) in [6.45, 7) is 7.28. The van der Waals surface area contributed by atoms with Gasteiger partial charge in [0, 0.05) is 31.3 Å². The Labute approximate surface area is 134 Å². The fraction of sp³-hybridized carbons (Fsp3) is 0.667. The molecular weight excluding hydrogens is 276 g/mol. The van der Waals surface area contributed by atoms with Gasteiger partial charge in [0.05, 0.1) is 6.61 Å². The average Bonchev–Trinajstić information content (AvgIpc) is 2.55. The van der Waals surface area contributed by atoms with E-state index in [-0.39, 0.29) is 6.61 Å². The SMILES string of the molecule is CCOc1ccccc1CN1CCC(N(C)CCCO)CC1. The number of benzene rings is 1. The van der Waals surface area contributed by atoms with Crippen LogP contribution in [0.5, 0.6) is 5.75 Å². The Hall–Kier alpha value is -1.10. The van der Waals surface area contributed by atoms with E-state index < -0.39 is 0 Å². The summed E-state index contributed by atoms with van der Waals surface area (Å²) in [4.78, 5) is 4.93. The van der Waals surface area contributed by atoms with Crippen molar-refractivity contribution in [2.24, 2.45) is 0 Å². The summed E-state index contributed by atoms with van der Waals surface area (Å²) in [5, 5.41) is 8.94. The number of nitrogens with zero attached hydrogens (tertiary/aromatic N) is 2. The van der Waals surface area contributed by atoms with Crippen molar-refractivity contribution in [2.45, 2.75) is 38.8 Å². The smallest absolute Gasteiger partial charge is 0.123 e. The maximum Gasteiger partial charge on any atom is 0.123 e. The number of ether oxygens (including phenoxy) is 1. The lowest BCUT2D eigenvalue weighted by atomic mass is 10.0. The van der Waals surface area contributed by atoms with Crippen molar-refractivity contribution < 1.29 is 9.84 Å². The summed E-state index contributed by atoms with van der Waals surface area (Å²) in [7, 11) is 2.18. The first-order chi connectivity index (χ1) is 10.7. The Morgan fingerprint density at radius 1 is 1.27 bits per heavy atom. The highest BCUT2D eigenvalue weighted by molar-refractivity contribution is 5.33. The van der Waals surface area contributed by atoms with Gasteiger partial charge in [-0.25, -0.2) is 0 Å². The van der Waals surface area contributed by atoms with Crippen molar-refractivity contribution in [3.05, 3.63) is 29.8 Å². The second-order valence-corrected chi connectivity index (χ2v) is 6.11. The Morgan fingerprint density at radius 2 is 2.00 bits per heavy atom. The molecule has 1 heterocycles. The molecule has 1 saturated heterocycles. The fourth-order valence-electron chi connectivity index (χ4n) is 3.19. The van der Waals surface area contributed by atoms with Gasteiger partial charge in [-0.05, 0) is 52.4 Å². The molecule has 22 heavy (non-hydrogen) atoms. The van der Waals surface area contributed by atoms with Crippen LogP contribution in [0.4, 0.5) is 0 Å². The Kier molecular flexibility index (Phi) is 7.16. The molecule has 1 aromatic carbocycles. The van der Waals surface area contributed by atoms with Gasteiger partial charge in [-0.3, -0.25) is 4.90 Å². The number of likely N-dealkylation sites (tertiary alicyclic amines) is 1. The van der Waals surface area contributed by atoms with Crippen molar-refractivity contribution in [3.8, 4) is 5.75 Å². The molecule has 4 heteroatoms. The van der Waals surface area contributed by atoms with Gasteiger partial charge in [-0.1, -0.05) is 18.2 Å². The van der Waals surface area contributed by atoms with Gasteiger partial charge in [0.1, 0.15) is 5.75 Å². The Morgan fingerprint density at radius 3 is 2.68 bits per heavy atom. The zero-order valence-corrected chi connectivity index (χ0v) is 14.0. The number of rotatable bonds is 8. The van der Waals surface area contributed by atoms with Crippen LogP contribution in [0.3, 0.4) is 0 Å². The van der Waals surface area contributed by atoms with Gasteiger partial charge < -0.3 is 14.7 Å². The van der Waals surface area contributed by atoms with E-state index in [1.807, 2.05) is 13.0 Å². The van der Waals surface area contributed by atoms with Crippen LogP contribution >= 0.6 is 0 Å². The predicted octanol–water partition coefficient (Wildman–Crippen LogP) is 2.36. The monoisotopic (exact) mass is 306 g/mol. The molecule has 0 spiro atoms. The van der Waals surface area contributed by atoms with E-state index in [4.69, 9.17) is 9.84 Å². The molecule has 0 aromatic heterocycles. The van der Waals surface area contributed by atoms with E-state index in [0.717, 1.165) is 45.0 Å². The van der Waals surface area contributed by atoms with E-state index in [2.05, 4.69) is 35.0 Å². The minimum Gasteiger partial charge on any atom is -0.494 e. The van der Waals surface area contributed by atoms with Crippen molar-refractivity contribution in [3.63, 3.8) is 0 Å². The molecule has 124 valence electrons. The molecule has 0 aliphatic carbocycles. The third-order valence-corrected chi connectivity index (χ3v) is 4.52. The third-order valence-electron chi connectivity index (χ3n) is 4.52. The van der Waals surface area contributed by atoms with Crippen LogP contribution in [-0.2, 0) is 6.54 Å². The van der Waals surface area contributed by atoms with Crippen LogP contribution in [0.1, 0.15) is 31.7 Å². The molecule has 1 aliphatic heterocycles. The molecule has 0 amide bonds. The zero-order valence-electron chi connectivity index (χ0n) is 14.0. The molecule has 0 bridgehead atoms. The molecule has 0 saturated carbocycles.